The molecule has 1 aromatic heterocycles. The maximum atomic E-state index is 12.1. The summed E-state index contributed by atoms with van der Waals surface area (Å²) >= 11 is 2.77. The molecule has 0 bridgehead atoms. The second kappa shape index (κ2) is 10.4. The van der Waals surface area contributed by atoms with Gasteiger partial charge in [0.2, 0.25) is 5.91 Å². The Labute approximate surface area is 166 Å². The molecule has 0 radical (unpaired) electrons. The molecule has 1 heterocycles. The largest absolute Gasteiger partial charge is 0.493 e. The molecule has 140 valence electrons. The van der Waals surface area contributed by atoms with Gasteiger partial charge >= 0.3 is 0 Å². The van der Waals surface area contributed by atoms with E-state index in [9.17, 15) is 4.79 Å². The third-order valence-corrected chi connectivity index (χ3v) is 5.53. The molecule has 2 rings (SSSR count). The summed E-state index contributed by atoms with van der Waals surface area (Å²) < 4.78 is 11.7. The number of carbonyl (C=O) groups is 1. The second-order valence-corrected chi connectivity index (χ2v) is 7.41. The molecule has 0 fully saturated rings. The zero-order valence-corrected chi connectivity index (χ0v) is 16.7. The number of methoxy groups -OCH3 is 1. The molecule has 0 atom stereocenters. The lowest BCUT2D eigenvalue weighted by Crippen LogP contribution is -2.07. The first-order valence-electron chi connectivity index (χ1n) is 7.95. The van der Waals surface area contributed by atoms with Gasteiger partial charge < -0.3 is 9.47 Å². The molecular weight excluding hydrogens is 382 g/mol. The van der Waals surface area contributed by atoms with Crippen LogP contribution in [-0.4, -0.2) is 30.4 Å². The van der Waals surface area contributed by atoms with Gasteiger partial charge in [-0.15, -0.1) is 0 Å². The quantitative estimate of drug-likeness (QED) is 0.383. The topological polar surface area (TPSA) is 84.2 Å². The summed E-state index contributed by atoms with van der Waals surface area (Å²) in [6, 6.07) is 7.47. The van der Waals surface area contributed by atoms with Crippen LogP contribution in [0.5, 0.6) is 11.5 Å². The van der Waals surface area contributed by atoms with Crippen molar-refractivity contribution >= 4 is 40.2 Å². The molecule has 8 heteroatoms. The predicted octanol–water partition coefficient (Wildman–Crippen LogP) is 4.29. The Balaban J connectivity index is 2.02. The number of rotatable bonds is 9. The Kier molecular flexibility index (Phi) is 7.92. The smallest absolute Gasteiger partial charge is 0.250 e. The molecule has 0 unspecified atom stereocenters. The SMILES string of the molecule is C=CCOc1ccc(/C=C/C(=O)Nc2nc(C)c(SCC#N)s2)cc1OC. The van der Waals surface area contributed by atoms with Crippen molar-refractivity contribution in [3.05, 3.63) is 48.2 Å². The number of hydrogen-bond donors (Lipinski definition) is 1. The average molecular weight is 402 g/mol. The number of nitriles is 1. The van der Waals surface area contributed by atoms with Gasteiger partial charge in [0.25, 0.3) is 0 Å². The first-order valence-corrected chi connectivity index (χ1v) is 9.75. The minimum absolute atomic E-state index is 0.286. The number of thiazole rings is 1. The second-order valence-electron chi connectivity index (χ2n) is 5.17. The van der Waals surface area contributed by atoms with Crippen LogP contribution in [0.1, 0.15) is 11.3 Å². The van der Waals surface area contributed by atoms with Crippen molar-refractivity contribution in [3.8, 4) is 17.6 Å². The molecule has 1 aromatic carbocycles. The molecule has 2 aromatic rings. The van der Waals surface area contributed by atoms with Crippen molar-refractivity contribution < 1.29 is 14.3 Å². The van der Waals surface area contributed by atoms with Gasteiger partial charge in [0.05, 0.1) is 28.8 Å². The van der Waals surface area contributed by atoms with Crippen molar-refractivity contribution in [2.45, 2.75) is 11.1 Å². The van der Waals surface area contributed by atoms with E-state index >= 15 is 0 Å². The van der Waals surface area contributed by atoms with E-state index in [-0.39, 0.29) is 5.91 Å². The number of nitrogens with one attached hydrogen (secondary N) is 1. The Morgan fingerprint density at radius 3 is 3.00 bits per heavy atom. The fraction of sp³-hybridized carbons (Fsp3) is 0.211. The van der Waals surface area contributed by atoms with Crippen molar-refractivity contribution in [1.82, 2.24) is 4.98 Å². The fourth-order valence-corrected chi connectivity index (χ4v) is 3.85. The van der Waals surface area contributed by atoms with Crippen molar-refractivity contribution in [1.29, 1.82) is 5.26 Å². The molecule has 0 saturated carbocycles. The van der Waals surface area contributed by atoms with Crippen molar-refractivity contribution in [2.75, 3.05) is 24.8 Å². The van der Waals surface area contributed by atoms with E-state index in [1.165, 1.54) is 29.2 Å². The summed E-state index contributed by atoms with van der Waals surface area (Å²) in [5, 5.41) is 11.9. The average Bonchev–Trinajstić information content (AvgIpc) is 3.02. The highest BCUT2D eigenvalue weighted by Gasteiger charge is 2.10. The third-order valence-electron chi connectivity index (χ3n) is 3.22. The molecule has 1 amide bonds. The lowest BCUT2D eigenvalue weighted by Gasteiger charge is -2.09. The lowest BCUT2D eigenvalue weighted by atomic mass is 10.2. The van der Waals surface area contributed by atoms with Gasteiger partial charge in [0.1, 0.15) is 6.61 Å². The number of benzene rings is 1. The van der Waals surface area contributed by atoms with Gasteiger partial charge in [0, 0.05) is 6.08 Å². The van der Waals surface area contributed by atoms with Crippen LogP contribution >= 0.6 is 23.1 Å². The number of nitrogens with zero attached hydrogens (tertiary/aromatic N) is 2. The normalized spacial score (nSPS) is 10.4. The number of aryl methyl sites for hydroxylation is 1. The first-order chi connectivity index (χ1) is 13.1. The Morgan fingerprint density at radius 1 is 1.48 bits per heavy atom. The van der Waals surface area contributed by atoms with E-state index in [0.29, 0.717) is 29.0 Å². The Hall–Kier alpha value is -2.76. The van der Waals surface area contributed by atoms with Crippen LogP contribution in [0.4, 0.5) is 5.13 Å². The van der Waals surface area contributed by atoms with Gasteiger partial charge in [-0.2, -0.15) is 5.26 Å². The van der Waals surface area contributed by atoms with E-state index in [1.54, 1.807) is 31.4 Å². The summed E-state index contributed by atoms with van der Waals surface area (Å²) in [4.78, 5) is 16.4. The highest BCUT2D eigenvalue weighted by atomic mass is 32.2. The van der Waals surface area contributed by atoms with Gasteiger partial charge in [-0.3, -0.25) is 10.1 Å². The molecule has 0 saturated heterocycles. The first kappa shape index (κ1) is 20.6. The summed E-state index contributed by atoms with van der Waals surface area (Å²) in [6.45, 7) is 5.85. The van der Waals surface area contributed by atoms with Gasteiger partial charge in [-0.05, 0) is 30.7 Å². The van der Waals surface area contributed by atoms with Gasteiger partial charge in [0.15, 0.2) is 16.6 Å². The number of thioether (sulfide) groups is 1. The highest BCUT2D eigenvalue weighted by molar-refractivity contribution is 8.01. The number of ether oxygens (including phenoxy) is 2. The van der Waals surface area contributed by atoms with Crippen molar-refractivity contribution in [2.24, 2.45) is 0 Å². The Bertz CT molecular complexity index is 885. The van der Waals surface area contributed by atoms with E-state index in [4.69, 9.17) is 14.7 Å². The molecule has 1 N–H and O–H groups in total. The minimum atomic E-state index is -0.286. The maximum absolute atomic E-state index is 12.1. The molecular formula is C19H19N3O3S2. The number of hydrogen-bond acceptors (Lipinski definition) is 7. The fourth-order valence-electron chi connectivity index (χ4n) is 2.04. The molecule has 6 nitrogen and oxygen atoms in total. The van der Waals surface area contributed by atoms with Crippen LogP contribution in [-0.2, 0) is 4.79 Å². The van der Waals surface area contributed by atoms with Crippen molar-refractivity contribution in [3.63, 3.8) is 0 Å². The lowest BCUT2D eigenvalue weighted by molar-refractivity contribution is -0.111. The van der Waals surface area contributed by atoms with E-state index in [1.807, 2.05) is 13.0 Å². The summed E-state index contributed by atoms with van der Waals surface area (Å²) in [5.41, 5.74) is 1.60. The predicted molar refractivity (Wildman–Crippen MR) is 110 cm³/mol. The summed E-state index contributed by atoms with van der Waals surface area (Å²) in [7, 11) is 1.56. The number of carbonyl (C=O) groups excluding carboxylic acids is 1. The van der Waals surface area contributed by atoms with Crippen LogP contribution in [0.25, 0.3) is 6.08 Å². The van der Waals surface area contributed by atoms with Crippen LogP contribution in [0.15, 0.2) is 41.1 Å². The molecule has 0 aliphatic carbocycles. The van der Waals surface area contributed by atoms with Crippen LogP contribution in [0.2, 0.25) is 0 Å². The standard InChI is InChI=1S/C19H19N3O3S2/c1-4-10-25-15-7-5-14(12-16(15)24-3)6-8-17(23)22-19-21-13(2)18(27-19)26-11-9-20/h4-8,12H,1,10-11H2,2-3H3,(H,21,22,23)/b8-6+. The number of aromatic nitrogens is 1. The zero-order valence-electron chi connectivity index (χ0n) is 15.0. The third kappa shape index (κ3) is 6.16. The van der Waals surface area contributed by atoms with E-state index in [2.05, 4.69) is 22.9 Å². The van der Waals surface area contributed by atoms with Gasteiger partial charge in [-0.25, -0.2) is 4.98 Å². The molecule has 0 aliphatic heterocycles. The number of anilines is 1. The van der Waals surface area contributed by atoms with Gasteiger partial charge in [-0.1, -0.05) is 41.8 Å². The van der Waals surface area contributed by atoms with E-state index in [0.717, 1.165) is 15.5 Å². The summed E-state index contributed by atoms with van der Waals surface area (Å²) in [5.74, 6) is 1.25. The van der Waals surface area contributed by atoms with Crippen LogP contribution in [0, 0.1) is 18.3 Å². The monoisotopic (exact) mass is 401 g/mol. The zero-order chi connectivity index (χ0) is 19.6. The minimum Gasteiger partial charge on any atom is -0.493 e. The molecule has 27 heavy (non-hydrogen) atoms. The molecule has 0 spiro atoms. The van der Waals surface area contributed by atoms with E-state index < -0.39 is 0 Å². The number of amides is 1. The van der Waals surface area contributed by atoms with Crippen LogP contribution < -0.4 is 14.8 Å². The van der Waals surface area contributed by atoms with Crippen LogP contribution in [0.3, 0.4) is 0 Å². The Morgan fingerprint density at radius 2 is 2.30 bits per heavy atom. The maximum Gasteiger partial charge on any atom is 0.250 e. The highest BCUT2D eigenvalue weighted by Crippen LogP contribution is 2.32. The molecule has 0 aliphatic rings. The summed E-state index contributed by atoms with van der Waals surface area (Å²) in [6.07, 6.45) is 4.76.